The summed E-state index contributed by atoms with van der Waals surface area (Å²) < 4.78 is 6.85. The van der Waals surface area contributed by atoms with E-state index in [0.29, 0.717) is 6.04 Å². The number of nitrogens with one attached hydrogen (secondary N) is 1. The number of hydrogen-bond donors (Lipinski definition) is 1. The lowest BCUT2D eigenvalue weighted by Crippen LogP contribution is -2.47. The van der Waals surface area contributed by atoms with Crippen LogP contribution in [0.4, 0.5) is 0 Å². The van der Waals surface area contributed by atoms with Gasteiger partial charge in [-0.1, -0.05) is 35.2 Å². The monoisotopic (exact) mass is 438 g/mol. The van der Waals surface area contributed by atoms with Crippen LogP contribution in [0.2, 0.25) is 0 Å². The zero-order valence-corrected chi connectivity index (χ0v) is 17.5. The summed E-state index contributed by atoms with van der Waals surface area (Å²) in [6, 6.07) is 6.96. The lowest BCUT2D eigenvalue weighted by molar-refractivity contribution is 0.101. The first-order valence-electron chi connectivity index (χ1n) is 8.58. The fraction of sp³-hybridized carbons (Fsp3) is 0.667. The SMILES string of the molecule is COc1ccc(Br)cc1[C@H](C1CCCCC1)N1CCNCC1.Cl.Cl. The van der Waals surface area contributed by atoms with Crippen molar-refractivity contribution in [3.05, 3.63) is 28.2 Å². The number of benzene rings is 1. The van der Waals surface area contributed by atoms with E-state index in [1.165, 1.54) is 37.7 Å². The van der Waals surface area contributed by atoms with Gasteiger partial charge in [-0.05, 0) is 37.0 Å². The topological polar surface area (TPSA) is 24.5 Å². The molecule has 2 fully saturated rings. The van der Waals surface area contributed by atoms with Gasteiger partial charge in [-0.15, -0.1) is 24.8 Å². The predicted molar refractivity (Wildman–Crippen MR) is 109 cm³/mol. The molecule has 0 amide bonds. The molecule has 1 heterocycles. The first kappa shape index (κ1) is 22.0. The quantitative estimate of drug-likeness (QED) is 0.727. The minimum absolute atomic E-state index is 0. The average molecular weight is 440 g/mol. The van der Waals surface area contributed by atoms with Crippen molar-refractivity contribution in [3.63, 3.8) is 0 Å². The second kappa shape index (κ2) is 10.9. The van der Waals surface area contributed by atoms with E-state index >= 15 is 0 Å². The van der Waals surface area contributed by atoms with Crippen LogP contribution in [-0.4, -0.2) is 38.2 Å². The van der Waals surface area contributed by atoms with Crippen LogP contribution in [0, 0.1) is 5.92 Å². The number of piperazine rings is 1. The summed E-state index contributed by atoms with van der Waals surface area (Å²) in [5, 5.41) is 3.48. The van der Waals surface area contributed by atoms with E-state index in [1.54, 1.807) is 7.11 Å². The molecule has 0 bridgehead atoms. The second-order valence-corrected chi connectivity index (χ2v) is 7.43. The molecular formula is C18H29BrCl2N2O. The summed E-state index contributed by atoms with van der Waals surface area (Å²) in [5.41, 5.74) is 1.37. The van der Waals surface area contributed by atoms with Gasteiger partial charge in [-0.2, -0.15) is 0 Å². The zero-order chi connectivity index (χ0) is 15.4. The Morgan fingerprint density at radius 3 is 2.42 bits per heavy atom. The van der Waals surface area contributed by atoms with Crippen LogP contribution < -0.4 is 10.1 Å². The van der Waals surface area contributed by atoms with E-state index in [4.69, 9.17) is 4.74 Å². The van der Waals surface area contributed by atoms with Gasteiger partial charge in [0.15, 0.2) is 0 Å². The molecule has 1 aromatic rings. The summed E-state index contributed by atoms with van der Waals surface area (Å²) in [5.74, 6) is 1.80. The fourth-order valence-electron chi connectivity index (χ4n) is 4.10. The summed E-state index contributed by atoms with van der Waals surface area (Å²) in [6.45, 7) is 4.47. The molecule has 1 saturated heterocycles. The average Bonchev–Trinajstić information content (AvgIpc) is 2.57. The summed E-state index contributed by atoms with van der Waals surface area (Å²) in [6.07, 6.45) is 6.86. The third kappa shape index (κ3) is 5.25. The van der Waals surface area contributed by atoms with Crippen molar-refractivity contribution in [2.24, 2.45) is 5.92 Å². The molecule has 1 aliphatic heterocycles. The molecule has 138 valence electrons. The number of methoxy groups -OCH3 is 1. The van der Waals surface area contributed by atoms with Crippen LogP contribution in [0.3, 0.4) is 0 Å². The predicted octanol–water partition coefficient (Wildman–Crippen LogP) is 4.83. The van der Waals surface area contributed by atoms with Gasteiger partial charge in [0.2, 0.25) is 0 Å². The Morgan fingerprint density at radius 1 is 1.12 bits per heavy atom. The summed E-state index contributed by atoms with van der Waals surface area (Å²) in [4.78, 5) is 2.68. The van der Waals surface area contributed by atoms with E-state index in [0.717, 1.165) is 42.3 Å². The molecule has 24 heavy (non-hydrogen) atoms. The normalized spacial score (nSPS) is 20.6. The maximum atomic E-state index is 5.70. The molecule has 1 N–H and O–H groups in total. The maximum Gasteiger partial charge on any atom is 0.123 e. The molecule has 0 spiro atoms. The highest BCUT2D eigenvalue weighted by atomic mass is 79.9. The largest absolute Gasteiger partial charge is 0.496 e. The minimum atomic E-state index is 0. The van der Waals surface area contributed by atoms with Crippen LogP contribution in [0.15, 0.2) is 22.7 Å². The van der Waals surface area contributed by atoms with Gasteiger partial charge in [0.1, 0.15) is 5.75 Å². The number of nitrogens with zero attached hydrogens (tertiary/aromatic N) is 1. The molecule has 3 rings (SSSR count). The Labute approximate surface area is 166 Å². The molecule has 0 radical (unpaired) electrons. The first-order valence-corrected chi connectivity index (χ1v) is 9.37. The minimum Gasteiger partial charge on any atom is -0.496 e. The van der Waals surface area contributed by atoms with Crippen LogP contribution in [0.1, 0.15) is 43.7 Å². The lowest BCUT2D eigenvalue weighted by Gasteiger charge is -2.41. The Balaban J connectivity index is 0.00000144. The molecular weight excluding hydrogens is 411 g/mol. The van der Waals surface area contributed by atoms with Crippen LogP contribution >= 0.6 is 40.7 Å². The second-order valence-electron chi connectivity index (χ2n) is 6.52. The van der Waals surface area contributed by atoms with Crippen molar-refractivity contribution >= 4 is 40.7 Å². The molecule has 0 unspecified atom stereocenters. The molecule has 3 nitrogen and oxygen atoms in total. The molecule has 1 aromatic carbocycles. The molecule has 1 aliphatic carbocycles. The van der Waals surface area contributed by atoms with Crippen molar-refractivity contribution in [2.45, 2.75) is 38.1 Å². The Morgan fingerprint density at radius 2 is 1.79 bits per heavy atom. The third-order valence-electron chi connectivity index (χ3n) is 5.15. The molecule has 6 heteroatoms. The van der Waals surface area contributed by atoms with Crippen molar-refractivity contribution in [1.29, 1.82) is 0 Å². The summed E-state index contributed by atoms with van der Waals surface area (Å²) >= 11 is 3.66. The highest BCUT2D eigenvalue weighted by Gasteiger charge is 2.32. The molecule has 2 aliphatic rings. The van der Waals surface area contributed by atoms with Crippen molar-refractivity contribution in [3.8, 4) is 5.75 Å². The van der Waals surface area contributed by atoms with Gasteiger partial charge in [0.25, 0.3) is 0 Å². The maximum absolute atomic E-state index is 5.70. The van der Waals surface area contributed by atoms with E-state index in [9.17, 15) is 0 Å². The highest BCUT2D eigenvalue weighted by Crippen LogP contribution is 2.42. The van der Waals surface area contributed by atoms with E-state index in [1.807, 2.05) is 0 Å². The van der Waals surface area contributed by atoms with Crippen molar-refractivity contribution < 1.29 is 4.74 Å². The van der Waals surface area contributed by atoms with Gasteiger partial charge in [-0.25, -0.2) is 0 Å². The van der Waals surface area contributed by atoms with E-state index < -0.39 is 0 Å². The Bertz CT molecular complexity index is 474. The number of rotatable bonds is 4. The van der Waals surface area contributed by atoms with Gasteiger partial charge in [-0.3, -0.25) is 4.90 Å². The Kier molecular flexibility index (Phi) is 9.98. The van der Waals surface area contributed by atoms with Gasteiger partial charge >= 0.3 is 0 Å². The standard InChI is InChI=1S/C18H27BrN2O.2ClH/c1-22-17-8-7-15(19)13-16(17)18(14-5-3-2-4-6-14)21-11-9-20-10-12-21;;/h7-8,13-14,18,20H,2-6,9-12H2,1H3;2*1H/t18-;;/m0../s1. The number of ether oxygens (including phenoxy) is 1. The number of hydrogen-bond acceptors (Lipinski definition) is 3. The Hall–Kier alpha value is -0.000000000000000222. The summed E-state index contributed by atoms with van der Waals surface area (Å²) in [7, 11) is 1.79. The fourth-order valence-corrected chi connectivity index (χ4v) is 4.47. The molecule has 1 atom stereocenters. The van der Waals surface area contributed by atoms with Crippen molar-refractivity contribution in [2.75, 3.05) is 33.3 Å². The first-order chi connectivity index (χ1) is 10.8. The van der Waals surface area contributed by atoms with Gasteiger partial charge < -0.3 is 10.1 Å². The van der Waals surface area contributed by atoms with Crippen molar-refractivity contribution in [1.82, 2.24) is 10.2 Å². The van der Waals surface area contributed by atoms with Gasteiger partial charge in [0, 0.05) is 42.3 Å². The van der Waals surface area contributed by atoms with E-state index in [-0.39, 0.29) is 24.8 Å². The highest BCUT2D eigenvalue weighted by molar-refractivity contribution is 9.10. The third-order valence-corrected chi connectivity index (χ3v) is 5.64. The van der Waals surface area contributed by atoms with Crippen LogP contribution in [-0.2, 0) is 0 Å². The van der Waals surface area contributed by atoms with E-state index in [2.05, 4.69) is 44.3 Å². The molecule has 1 saturated carbocycles. The smallest absolute Gasteiger partial charge is 0.123 e. The molecule has 0 aromatic heterocycles. The van der Waals surface area contributed by atoms with Crippen LogP contribution in [0.5, 0.6) is 5.75 Å². The number of halogens is 3. The van der Waals surface area contributed by atoms with Gasteiger partial charge in [0.05, 0.1) is 7.11 Å². The lowest BCUT2D eigenvalue weighted by atomic mass is 9.80. The zero-order valence-electron chi connectivity index (χ0n) is 14.3. The van der Waals surface area contributed by atoms with Crippen LogP contribution in [0.25, 0.3) is 0 Å².